The third-order valence-corrected chi connectivity index (χ3v) is 2.28. The van der Waals surface area contributed by atoms with Gasteiger partial charge in [0.15, 0.2) is 0 Å². The maximum Gasteiger partial charge on any atom is 0.529 e. The van der Waals surface area contributed by atoms with E-state index in [2.05, 4.69) is 15.6 Å². The number of hydrogen-bond donors (Lipinski definition) is 2. The van der Waals surface area contributed by atoms with Gasteiger partial charge in [0.2, 0.25) is 0 Å². The zero-order valence-electron chi connectivity index (χ0n) is 8.05. The molecule has 2 N–H and O–H groups in total. The number of carbonyl (C=O) groups excluding carboxylic acids is 1. The average molecular weight is 259 g/mol. The molecule has 0 amide bonds. The van der Waals surface area contributed by atoms with E-state index in [-0.39, 0.29) is 18.6 Å². The van der Waals surface area contributed by atoms with Crippen LogP contribution >= 0.6 is 19.4 Å². The average Bonchev–Trinajstić information content (AvgIpc) is 2.01. The van der Waals surface area contributed by atoms with Gasteiger partial charge in [-0.25, -0.2) is 9.36 Å². The number of aliphatic hydroxyl groups is 1. The van der Waals surface area contributed by atoms with Crippen molar-refractivity contribution in [2.75, 3.05) is 6.61 Å². The summed E-state index contributed by atoms with van der Waals surface area (Å²) in [6.45, 7) is 4.24. The summed E-state index contributed by atoms with van der Waals surface area (Å²) in [5.74, 6) is -1.02. The van der Waals surface area contributed by atoms with Crippen molar-refractivity contribution < 1.29 is 28.4 Å². The molecule has 0 saturated heterocycles. The fourth-order valence-corrected chi connectivity index (χ4v) is 1.32. The van der Waals surface area contributed by atoms with Crippen LogP contribution in [-0.2, 0) is 18.4 Å². The van der Waals surface area contributed by atoms with Gasteiger partial charge in [0, 0.05) is 12.0 Å². The summed E-state index contributed by atoms with van der Waals surface area (Å²) < 4.78 is 19.5. The highest BCUT2D eigenvalue weighted by Gasteiger charge is 2.26. The second kappa shape index (κ2) is 6.25. The second-order valence-corrected chi connectivity index (χ2v) is 4.57. The van der Waals surface area contributed by atoms with Gasteiger partial charge in [-0.3, -0.25) is 9.42 Å². The van der Waals surface area contributed by atoms with Crippen LogP contribution in [0.25, 0.3) is 0 Å². The quantitative estimate of drug-likeness (QED) is 0.422. The number of rotatable bonds is 6. The molecule has 0 aliphatic rings. The third-order valence-electron chi connectivity index (χ3n) is 1.16. The SMILES string of the molecule is C=C(C)C(=O)OP(=O)(O)OCCC(O)Cl. The van der Waals surface area contributed by atoms with E-state index in [0.717, 1.165) is 0 Å². The number of phosphoric ester groups is 1. The van der Waals surface area contributed by atoms with Gasteiger partial charge in [-0.15, -0.1) is 0 Å². The molecule has 8 heteroatoms. The number of aliphatic hydroxyl groups excluding tert-OH is 1. The van der Waals surface area contributed by atoms with Crippen molar-refractivity contribution in [3.8, 4) is 0 Å². The van der Waals surface area contributed by atoms with E-state index in [1.165, 1.54) is 6.92 Å². The topological polar surface area (TPSA) is 93.1 Å². The Balaban J connectivity index is 4.03. The highest BCUT2D eigenvalue weighted by atomic mass is 35.5. The number of carbonyl (C=O) groups is 1. The molecule has 0 aromatic heterocycles. The second-order valence-electron chi connectivity index (χ2n) is 2.68. The predicted octanol–water partition coefficient (Wildman–Crippen LogP) is 1.17. The van der Waals surface area contributed by atoms with Crippen LogP contribution in [0.5, 0.6) is 0 Å². The van der Waals surface area contributed by atoms with Gasteiger partial charge in [0.05, 0.1) is 6.61 Å². The van der Waals surface area contributed by atoms with E-state index < -0.39 is 19.4 Å². The lowest BCUT2D eigenvalue weighted by atomic mass is 10.4. The number of halogens is 1. The molecule has 0 saturated carbocycles. The van der Waals surface area contributed by atoms with E-state index in [1.54, 1.807) is 0 Å². The summed E-state index contributed by atoms with van der Waals surface area (Å²) in [5, 5.41) is 8.61. The van der Waals surface area contributed by atoms with Crippen LogP contribution in [0, 0.1) is 0 Å². The summed E-state index contributed by atoms with van der Waals surface area (Å²) in [6, 6.07) is 0. The van der Waals surface area contributed by atoms with Gasteiger partial charge in [0.25, 0.3) is 0 Å². The lowest BCUT2D eigenvalue weighted by Crippen LogP contribution is -2.07. The standard InChI is InChI=1S/C7H12ClO6P/c1-5(2)7(10)14-15(11,12)13-4-3-6(8)9/h6,9H,1,3-4H2,2H3,(H,11,12). The van der Waals surface area contributed by atoms with Crippen molar-refractivity contribution in [1.82, 2.24) is 0 Å². The number of alkyl halides is 1. The van der Waals surface area contributed by atoms with Crippen molar-refractivity contribution >= 4 is 25.4 Å². The molecule has 2 unspecified atom stereocenters. The van der Waals surface area contributed by atoms with Gasteiger partial charge in [-0.05, 0) is 6.92 Å². The zero-order chi connectivity index (χ0) is 12.1. The summed E-state index contributed by atoms with van der Waals surface area (Å²) >= 11 is 5.15. The highest BCUT2D eigenvalue weighted by molar-refractivity contribution is 7.48. The highest BCUT2D eigenvalue weighted by Crippen LogP contribution is 2.43. The van der Waals surface area contributed by atoms with Crippen molar-refractivity contribution in [3.63, 3.8) is 0 Å². The summed E-state index contributed by atoms with van der Waals surface area (Å²) in [4.78, 5) is 19.8. The molecule has 0 radical (unpaired) electrons. The molecular weight excluding hydrogens is 246 g/mol. The summed E-state index contributed by atoms with van der Waals surface area (Å²) in [6.07, 6.45) is -0.0588. The monoisotopic (exact) mass is 258 g/mol. The van der Waals surface area contributed by atoms with Crippen LogP contribution < -0.4 is 0 Å². The van der Waals surface area contributed by atoms with E-state index in [9.17, 15) is 9.36 Å². The van der Waals surface area contributed by atoms with Gasteiger partial charge < -0.3 is 9.63 Å². The molecule has 88 valence electrons. The van der Waals surface area contributed by atoms with Crippen molar-refractivity contribution in [2.45, 2.75) is 18.9 Å². The largest absolute Gasteiger partial charge is 0.529 e. The molecule has 2 atom stereocenters. The molecule has 0 spiro atoms. The third kappa shape index (κ3) is 7.53. The fraction of sp³-hybridized carbons (Fsp3) is 0.571. The first-order valence-electron chi connectivity index (χ1n) is 3.93. The van der Waals surface area contributed by atoms with Crippen LogP contribution in [0.15, 0.2) is 12.2 Å². The minimum Gasteiger partial charge on any atom is -0.378 e. The molecule has 0 aromatic carbocycles. The molecule has 0 aromatic rings. The zero-order valence-corrected chi connectivity index (χ0v) is 9.70. The van der Waals surface area contributed by atoms with Crippen LogP contribution in [0.2, 0.25) is 0 Å². The maximum atomic E-state index is 11.0. The minimum absolute atomic E-state index is 0.0229. The Morgan fingerprint density at radius 3 is 2.60 bits per heavy atom. The lowest BCUT2D eigenvalue weighted by molar-refractivity contribution is -0.131. The maximum absolute atomic E-state index is 11.0. The Hall–Kier alpha value is -0.390. The van der Waals surface area contributed by atoms with E-state index in [1.807, 2.05) is 0 Å². The molecule has 15 heavy (non-hydrogen) atoms. The number of phosphoric acid groups is 1. The molecule has 0 rings (SSSR count). The van der Waals surface area contributed by atoms with Crippen molar-refractivity contribution in [1.29, 1.82) is 0 Å². The summed E-state index contributed by atoms with van der Waals surface area (Å²) in [5.41, 5.74) is -1.20. The Labute approximate surface area is 92.1 Å². The smallest absolute Gasteiger partial charge is 0.378 e. The molecule has 6 nitrogen and oxygen atoms in total. The predicted molar refractivity (Wildman–Crippen MR) is 53.2 cm³/mol. The molecule has 0 aliphatic carbocycles. The Bertz CT molecular complexity index is 289. The van der Waals surface area contributed by atoms with Crippen LogP contribution in [-0.4, -0.2) is 28.1 Å². The molecule has 0 heterocycles. The Morgan fingerprint density at radius 1 is 1.67 bits per heavy atom. The Morgan fingerprint density at radius 2 is 2.20 bits per heavy atom. The van der Waals surface area contributed by atoms with Crippen LogP contribution in [0.4, 0.5) is 0 Å². The first-order valence-corrected chi connectivity index (χ1v) is 5.86. The Kier molecular flexibility index (Phi) is 6.09. The van der Waals surface area contributed by atoms with Gasteiger partial charge in [-0.1, -0.05) is 18.2 Å². The number of hydrogen-bond acceptors (Lipinski definition) is 5. The minimum atomic E-state index is -4.44. The lowest BCUT2D eigenvalue weighted by Gasteiger charge is -2.11. The van der Waals surface area contributed by atoms with Crippen molar-refractivity contribution in [2.24, 2.45) is 0 Å². The molecule has 0 fully saturated rings. The van der Waals surface area contributed by atoms with E-state index in [0.29, 0.717) is 0 Å². The van der Waals surface area contributed by atoms with Crippen LogP contribution in [0.1, 0.15) is 13.3 Å². The summed E-state index contributed by atoms with van der Waals surface area (Å²) in [7, 11) is -4.44. The van der Waals surface area contributed by atoms with Crippen molar-refractivity contribution in [3.05, 3.63) is 12.2 Å². The van der Waals surface area contributed by atoms with Gasteiger partial charge in [-0.2, -0.15) is 0 Å². The fourth-order valence-electron chi connectivity index (χ4n) is 0.474. The molecule has 0 bridgehead atoms. The molecular formula is C7H12ClO6P. The first kappa shape index (κ1) is 14.6. The normalized spacial score (nSPS) is 16.5. The van der Waals surface area contributed by atoms with Gasteiger partial charge >= 0.3 is 13.8 Å². The van der Waals surface area contributed by atoms with Gasteiger partial charge in [0.1, 0.15) is 5.56 Å². The van der Waals surface area contributed by atoms with Crippen LogP contribution in [0.3, 0.4) is 0 Å². The molecule has 0 aliphatic heterocycles. The van der Waals surface area contributed by atoms with E-state index >= 15 is 0 Å². The van der Waals surface area contributed by atoms with E-state index in [4.69, 9.17) is 21.6 Å². The first-order chi connectivity index (χ1) is 6.74.